The maximum atomic E-state index is 12.5. The van der Waals surface area contributed by atoms with Gasteiger partial charge >= 0.3 is 0 Å². The van der Waals surface area contributed by atoms with E-state index in [1.807, 2.05) is 6.08 Å². The molecule has 0 aromatic rings. The molecule has 410 valence electrons. The maximum absolute atomic E-state index is 12.5. The van der Waals surface area contributed by atoms with Crippen LogP contribution in [0.15, 0.2) is 60.8 Å². The monoisotopic (exact) mass is 978 g/mol. The van der Waals surface area contributed by atoms with Gasteiger partial charge in [-0.05, 0) is 70.6 Å². The number of hydrogen-bond donors (Lipinski definition) is 3. The van der Waals surface area contributed by atoms with E-state index in [0.29, 0.717) is 6.42 Å². The molecule has 4 heteroatoms. The van der Waals surface area contributed by atoms with Crippen LogP contribution in [0.5, 0.6) is 0 Å². The van der Waals surface area contributed by atoms with Crippen LogP contribution in [0.3, 0.4) is 0 Å². The molecule has 4 nitrogen and oxygen atoms in total. The molecular formula is C66H123NO3. The molecular weight excluding hydrogens is 855 g/mol. The van der Waals surface area contributed by atoms with Crippen molar-refractivity contribution in [1.82, 2.24) is 5.32 Å². The number of aliphatic hydroxyl groups excluding tert-OH is 2. The van der Waals surface area contributed by atoms with Gasteiger partial charge in [0.15, 0.2) is 0 Å². The Kier molecular flexibility index (Phi) is 59.7. The van der Waals surface area contributed by atoms with E-state index in [0.717, 1.165) is 44.9 Å². The highest BCUT2D eigenvalue weighted by atomic mass is 16.3. The number of carbonyl (C=O) groups is 1. The van der Waals surface area contributed by atoms with Crippen molar-refractivity contribution in [3.8, 4) is 0 Å². The minimum Gasteiger partial charge on any atom is -0.394 e. The van der Waals surface area contributed by atoms with Crippen LogP contribution >= 0.6 is 0 Å². The second kappa shape index (κ2) is 61.4. The molecule has 0 aliphatic carbocycles. The van der Waals surface area contributed by atoms with Gasteiger partial charge in [-0.25, -0.2) is 0 Å². The van der Waals surface area contributed by atoms with Crippen molar-refractivity contribution < 1.29 is 15.0 Å². The van der Waals surface area contributed by atoms with Crippen LogP contribution in [0.4, 0.5) is 0 Å². The highest BCUT2D eigenvalue weighted by Crippen LogP contribution is 2.17. The smallest absolute Gasteiger partial charge is 0.220 e. The van der Waals surface area contributed by atoms with Crippen LogP contribution < -0.4 is 5.32 Å². The van der Waals surface area contributed by atoms with Crippen LogP contribution in [0.25, 0.3) is 0 Å². The van der Waals surface area contributed by atoms with Gasteiger partial charge in [0, 0.05) is 6.42 Å². The second-order valence-corrected chi connectivity index (χ2v) is 21.5. The van der Waals surface area contributed by atoms with Gasteiger partial charge in [0.25, 0.3) is 0 Å². The van der Waals surface area contributed by atoms with Crippen molar-refractivity contribution in [2.75, 3.05) is 6.61 Å². The van der Waals surface area contributed by atoms with Gasteiger partial charge < -0.3 is 15.5 Å². The summed E-state index contributed by atoms with van der Waals surface area (Å²) in [5, 5.41) is 23.2. The van der Waals surface area contributed by atoms with Crippen LogP contribution in [-0.2, 0) is 4.79 Å². The van der Waals surface area contributed by atoms with Crippen molar-refractivity contribution in [1.29, 1.82) is 0 Å². The second-order valence-electron chi connectivity index (χ2n) is 21.5. The Morgan fingerprint density at radius 1 is 0.343 bits per heavy atom. The SMILES string of the molecule is CCCCCCC/C=C\C/C=C\C/C=C\CCCCCCCCCCCCCCCCCCC(=O)NC(CO)C(O)/C=C/CC/C=C/CCCCCCCCCCCCCCCCCCCCCCC. The lowest BCUT2D eigenvalue weighted by atomic mass is 10.0. The summed E-state index contributed by atoms with van der Waals surface area (Å²) in [6.07, 6.45) is 87.0. The van der Waals surface area contributed by atoms with E-state index in [9.17, 15) is 15.0 Å². The van der Waals surface area contributed by atoms with Gasteiger partial charge in [-0.15, -0.1) is 0 Å². The molecule has 0 spiro atoms. The van der Waals surface area contributed by atoms with E-state index in [4.69, 9.17) is 0 Å². The van der Waals surface area contributed by atoms with Crippen LogP contribution in [-0.4, -0.2) is 34.9 Å². The summed E-state index contributed by atoms with van der Waals surface area (Å²) in [5.74, 6) is -0.0704. The first kappa shape index (κ1) is 68.1. The largest absolute Gasteiger partial charge is 0.394 e. The minimum absolute atomic E-state index is 0.0704. The average molecular weight is 979 g/mol. The molecule has 3 N–H and O–H groups in total. The maximum Gasteiger partial charge on any atom is 0.220 e. The fourth-order valence-electron chi connectivity index (χ4n) is 9.68. The zero-order chi connectivity index (χ0) is 50.6. The first-order valence-electron chi connectivity index (χ1n) is 31.5. The standard InChI is InChI=1S/C66H123NO3/c1-3-5-7-9-11-13-15-17-19-21-23-25-27-29-31-32-33-34-36-38-40-42-44-46-48-50-52-54-56-58-60-62-66(70)67-64(63-68)65(69)61-59-57-55-53-51-49-47-45-43-41-39-37-35-30-28-26-24-22-20-18-16-14-12-10-8-6-4-2/h15,17,21,23,27,29,51,53,59,61,64-65,68-69H,3-14,16,18-20,22,24-26,28,30-50,52,54-58,60,62-63H2,1-2H3,(H,67,70)/b17-15-,23-21-,29-27-,53-51+,61-59+. The zero-order valence-corrected chi connectivity index (χ0v) is 47.3. The van der Waals surface area contributed by atoms with Crippen molar-refractivity contribution in [3.05, 3.63) is 60.8 Å². The Balaban J connectivity index is 3.50. The number of rotatable bonds is 58. The molecule has 0 saturated carbocycles. The lowest BCUT2D eigenvalue weighted by molar-refractivity contribution is -0.123. The summed E-state index contributed by atoms with van der Waals surface area (Å²) >= 11 is 0. The first-order valence-corrected chi connectivity index (χ1v) is 31.5. The molecule has 70 heavy (non-hydrogen) atoms. The summed E-state index contributed by atoms with van der Waals surface area (Å²) in [7, 11) is 0. The third-order valence-electron chi connectivity index (χ3n) is 14.5. The molecule has 0 aliphatic rings. The minimum atomic E-state index is -0.865. The van der Waals surface area contributed by atoms with Gasteiger partial charge in [-0.2, -0.15) is 0 Å². The molecule has 0 aromatic heterocycles. The highest BCUT2D eigenvalue weighted by molar-refractivity contribution is 5.76. The van der Waals surface area contributed by atoms with Gasteiger partial charge in [0.1, 0.15) is 0 Å². The molecule has 1 amide bonds. The topological polar surface area (TPSA) is 69.6 Å². The van der Waals surface area contributed by atoms with Gasteiger partial charge in [0.05, 0.1) is 18.8 Å². The number of allylic oxidation sites excluding steroid dienone is 9. The van der Waals surface area contributed by atoms with E-state index in [1.165, 1.54) is 270 Å². The predicted octanol–water partition coefficient (Wildman–Crippen LogP) is 21.2. The number of amides is 1. The van der Waals surface area contributed by atoms with E-state index < -0.39 is 12.1 Å². The number of nitrogens with one attached hydrogen (secondary N) is 1. The molecule has 0 saturated heterocycles. The summed E-state index contributed by atoms with van der Waals surface area (Å²) in [4.78, 5) is 12.5. The average Bonchev–Trinajstić information content (AvgIpc) is 3.36. The third-order valence-corrected chi connectivity index (χ3v) is 14.5. The molecule has 0 rings (SSSR count). The molecule has 2 atom stereocenters. The summed E-state index contributed by atoms with van der Waals surface area (Å²) in [5.41, 5.74) is 0. The normalized spacial score (nSPS) is 13.1. The van der Waals surface area contributed by atoms with Crippen molar-refractivity contribution in [2.45, 2.75) is 347 Å². The molecule has 2 unspecified atom stereocenters. The van der Waals surface area contributed by atoms with Crippen molar-refractivity contribution in [3.63, 3.8) is 0 Å². The highest BCUT2D eigenvalue weighted by Gasteiger charge is 2.18. The fraction of sp³-hybridized carbons (Fsp3) is 0.833. The summed E-state index contributed by atoms with van der Waals surface area (Å²) < 4.78 is 0. The van der Waals surface area contributed by atoms with Crippen molar-refractivity contribution >= 4 is 5.91 Å². The van der Waals surface area contributed by atoms with Gasteiger partial charge in [-0.3, -0.25) is 4.79 Å². The molecule has 0 heterocycles. The Morgan fingerprint density at radius 3 is 0.929 bits per heavy atom. The number of carbonyl (C=O) groups excluding carboxylic acids is 1. The van der Waals surface area contributed by atoms with Crippen molar-refractivity contribution in [2.24, 2.45) is 0 Å². The number of aliphatic hydroxyl groups is 2. The lowest BCUT2D eigenvalue weighted by Gasteiger charge is -2.19. The quantitative estimate of drug-likeness (QED) is 0.0420. The van der Waals surface area contributed by atoms with E-state index >= 15 is 0 Å². The lowest BCUT2D eigenvalue weighted by Crippen LogP contribution is -2.45. The third kappa shape index (κ3) is 57.0. The van der Waals surface area contributed by atoms with Crippen LogP contribution in [0.1, 0.15) is 335 Å². The Labute approximate surface area is 438 Å². The molecule has 0 aliphatic heterocycles. The van der Waals surface area contributed by atoms with E-state index in [2.05, 4.69) is 67.8 Å². The number of hydrogen-bond acceptors (Lipinski definition) is 3. The molecule has 0 bridgehead atoms. The summed E-state index contributed by atoms with van der Waals surface area (Å²) in [6.45, 7) is 4.32. The Hall–Kier alpha value is -1.91. The van der Waals surface area contributed by atoms with Crippen LogP contribution in [0.2, 0.25) is 0 Å². The Bertz CT molecular complexity index is 1150. The molecule has 0 aromatic carbocycles. The molecule has 0 fully saturated rings. The number of unbranched alkanes of at least 4 members (excludes halogenated alkanes) is 43. The van der Waals surface area contributed by atoms with E-state index in [-0.39, 0.29) is 12.5 Å². The predicted molar refractivity (Wildman–Crippen MR) is 313 cm³/mol. The van der Waals surface area contributed by atoms with Gasteiger partial charge in [-0.1, -0.05) is 319 Å². The summed E-state index contributed by atoms with van der Waals surface area (Å²) in [6, 6.07) is -0.642. The zero-order valence-electron chi connectivity index (χ0n) is 47.3. The molecule has 0 radical (unpaired) electrons. The van der Waals surface area contributed by atoms with Crippen LogP contribution in [0, 0.1) is 0 Å². The van der Waals surface area contributed by atoms with Gasteiger partial charge in [0.2, 0.25) is 5.91 Å². The van der Waals surface area contributed by atoms with E-state index in [1.54, 1.807) is 6.08 Å². The first-order chi connectivity index (χ1) is 34.7. The Morgan fingerprint density at radius 2 is 0.600 bits per heavy atom. The fourth-order valence-corrected chi connectivity index (χ4v) is 9.68.